The van der Waals surface area contributed by atoms with Gasteiger partial charge in [-0.15, -0.1) is 0 Å². The fourth-order valence-corrected chi connectivity index (χ4v) is 20.6. The van der Waals surface area contributed by atoms with Crippen molar-refractivity contribution in [1.29, 1.82) is 0 Å². The van der Waals surface area contributed by atoms with E-state index in [1.54, 1.807) is 0 Å². The van der Waals surface area contributed by atoms with Crippen LogP contribution < -0.4 is 0 Å². The van der Waals surface area contributed by atoms with Crippen molar-refractivity contribution in [3.63, 3.8) is 0 Å². The summed E-state index contributed by atoms with van der Waals surface area (Å²) in [7, 11) is 0. The van der Waals surface area contributed by atoms with E-state index >= 15 is 0 Å². The van der Waals surface area contributed by atoms with Crippen molar-refractivity contribution in [3.05, 3.63) is 358 Å². The van der Waals surface area contributed by atoms with Gasteiger partial charge in [0.25, 0.3) is 0 Å². The van der Waals surface area contributed by atoms with Crippen LogP contribution >= 0.6 is 0 Å². The van der Waals surface area contributed by atoms with Gasteiger partial charge in [-0.3, -0.25) is 0 Å². The van der Waals surface area contributed by atoms with Crippen LogP contribution in [0.3, 0.4) is 0 Å². The molecule has 0 N–H and O–H groups in total. The minimum atomic E-state index is -0.195. The lowest BCUT2D eigenvalue weighted by Gasteiger charge is -2.24. The lowest BCUT2D eigenvalue weighted by Crippen LogP contribution is -2.16. The maximum Gasteiger partial charge on any atom is 0.0159 e. The second-order valence-electron chi connectivity index (χ2n) is 34.8. The summed E-state index contributed by atoms with van der Waals surface area (Å²) in [6.07, 6.45) is 0. The van der Waals surface area contributed by atoms with E-state index in [-0.39, 0.29) is 32.5 Å². The van der Waals surface area contributed by atoms with Gasteiger partial charge in [0.2, 0.25) is 0 Å². The molecule has 0 aromatic heterocycles. The zero-order valence-electron chi connectivity index (χ0n) is 62.7. The second kappa shape index (κ2) is 21.6. The molecule has 0 amide bonds. The smallest absolute Gasteiger partial charge is 0.0159 e. The van der Waals surface area contributed by atoms with Crippen LogP contribution in [0.2, 0.25) is 0 Å². The van der Waals surface area contributed by atoms with Crippen LogP contribution in [0.4, 0.5) is 0 Å². The first-order valence-corrected chi connectivity index (χ1v) is 38.3. The topological polar surface area (TPSA) is 0 Å². The van der Waals surface area contributed by atoms with Gasteiger partial charge < -0.3 is 0 Å². The van der Waals surface area contributed by atoms with Gasteiger partial charge >= 0.3 is 0 Å². The highest BCUT2D eigenvalue weighted by Gasteiger charge is 2.43. The summed E-state index contributed by atoms with van der Waals surface area (Å²) >= 11 is 0. The summed E-state index contributed by atoms with van der Waals surface area (Å²) in [6.45, 7) is 29.0. The molecule has 0 aliphatic heterocycles. The van der Waals surface area contributed by atoms with Crippen LogP contribution in [-0.4, -0.2) is 0 Å². The van der Waals surface area contributed by atoms with Gasteiger partial charge in [0.15, 0.2) is 0 Å². The van der Waals surface area contributed by atoms with Crippen molar-refractivity contribution in [3.8, 4) is 145 Å². The number of hydrogen-bond donors (Lipinski definition) is 0. The predicted octanol–water partition coefficient (Wildman–Crippen LogP) is 28.3. The van der Waals surface area contributed by atoms with Crippen molar-refractivity contribution >= 4 is 10.8 Å². The maximum absolute atomic E-state index is 2.50. The normalized spacial score (nSPS) is 16.2. The first-order chi connectivity index (χ1) is 51.0. The molecule has 0 fully saturated rings. The average molecular weight is 1360 g/mol. The molecule has 0 nitrogen and oxygen atoms in total. The molecule has 6 aliphatic carbocycles. The largest absolute Gasteiger partial charge is 0.0619 e. The molecule has 0 spiro atoms. The first kappa shape index (κ1) is 63.1. The van der Waals surface area contributed by atoms with Crippen LogP contribution in [0, 0.1) is 0 Å². The van der Waals surface area contributed by atoms with Gasteiger partial charge in [0.05, 0.1) is 0 Å². The van der Waals surface area contributed by atoms with E-state index in [0.717, 1.165) is 0 Å². The molecule has 0 saturated heterocycles. The highest BCUT2D eigenvalue weighted by atomic mass is 14.5. The Balaban J connectivity index is 0.518. The molecule has 0 unspecified atom stereocenters. The first-order valence-electron chi connectivity index (χ1n) is 38.3. The maximum atomic E-state index is 2.50. The van der Waals surface area contributed by atoms with Gasteiger partial charge in [-0.2, -0.15) is 0 Å². The Morgan fingerprint density at radius 1 is 0.123 bits per heavy atom. The number of benzene rings is 15. The zero-order chi connectivity index (χ0) is 72.0. The third kappa shape index (κ3) is 8.82. The monoisotopic (exact) mass is 1360 g/mol. The molecule has 106 heavy (non-hydrogen) atoms. The zero-order valence-corrected chi connectivity index (χ0v) is 62.7. The highest BCUT2D eigenvalue weighted by Crippen LogP contribution is 2.59. The third-order valence-corrected chi connectivity index (χ3v) is 26.9. The Hall–Kier alpha value is -11.4. The molecule has 0 heterocycles. The van der Waals surface area contributed by atoms with E-state index in [0.29, 0.717) is 0 Å². The minimum Gasteiger partial charge on any atom is -0.0619 e. The minimum absolute atomic E-state index is 0.0378. The molecule has 21 rings (SSSR count). The Labute approximate surface area is 624 Å². The van der Waals surface area contributed by atoms with E-state index in [9.17, 15) is 0 Å². The Kier molecular flexibility index (Phi) is 12.9. The molecule has 15 aromatic rings. The van der Waals surface area contributed by atoms with Crippen molar-refractivity contribution in [2.45, 2.75) is 116 Å². The quantitative estimate of drug-likeness (QED) is 0.149. The van der Waals surface area contributed by atoms with Crippen molar-refractivity contribution in [1.82, 2.24) is 0 Å². The molecular weight excluding hydrogens is 1270 g/mol. The molecule has 0 radical (unpaired) electrons. The highest BCUT2D eigenvalue weighted by molar-refractivity contribution is 5.95. The standard InChI is InChI=1S/C106H84/c1-101(2)89-20-16-15-19-77(89)78-39-28-67(51-90(78)101)68-29-41-81-82-43-32-71(55-94(82)103(5,6)93(81)52-68)72-33-45-85-86-47-36-75(59-98(86)105(9,10)97(85)56-72)76-37-48-88-87-46-35-74(58-99(87)106(11,12)100(88)60-76)73-34-44-84-83-42-31-70(54-95(83)104(7,8)96(84)57-73)69-30-40-80-79-38-27-66(50-91(79)102(3,4)92(80)53-69)63-23-21-62(22-24-63)65-26-25-61-17-13-14-18-64(61)49-65/h13-60H,1-12H3. The summed E-state index contributed by atoms with van der Waals surface area (Å²) in [5, 5.41) is 2.54. The lowest BCUT2D eigenvalue weighted by molar-refractivity contribution is 0.659. The molecule has 0 bridgehead atoms. The molecule has 0 atom stereocenters. The molecule has 508 valence electrons. The molecule has 0 saturated carbocycles. The van der Waals surface area contributed by atoms with Gasteiger partial charge in [0.1, 0.15) is 0 Å². The van der Waals surface area contributed by atoms with E-state index in [1.807, 2.05) is 0 Å². The van der Waals surface area contributed by atoms with E-state index in [1.165, 1.54) is 222 Å². The van der Waals surface area contributed by atoms with E-state index < -0.39 is 0 Å². The summed E-state index contributed by atoms with van der Waals surface area (Å²) in [5.74, 6) is 0. The van der Waals surface area contributed by atoms with Crippen LogP contribution in [-0.2, 0) is 32.5 Å². The summed E-state index contributed by atoms with van der Waals surface area (Å²) in [6, 6.07) is 113. The van der Waals surface area contributed by atoms with Gasteiger partial charge in [-0.05, 0) is 295 Å². The van der Waals surface area contributed by atoms with Crippen LogP contribution in [0.5, 0.6) is 0 Å². The van der Waals surface area contributed by atoms with Crippen LogP contribution in [0.1, 0.15) is 150 Å². The fourth-order valence-electron chi connectivity index (χ4n) is 20.6. The lowest BCUT2D eigenvalue weighted by atomic mass is 9.79. The van der Waals surface area contributed by atoms with Crippen molar-refractivity contribution in [2.75, 3.05) is 0 Å². The molecular formula is C106H84. The molecule has 6 aliphatic rings. The second-order valence-corrected chi connectivity index (χ2v) is 34.8. The SMILES string of the molecule is CC1(C)c2ccccc2-c2ccc(-c3ccc4c(c3)C(C)(C)c3cc(-c5ccc6c(c5)C(C)(C)c5cc(-c7ccc8c(c7)C(C)(C)c7cc(-c9ccc%10c(c9)C(C)(C)c9cc(-c%11ccc%12c(c%11)C(C)(C)c%11cc(-c%13ccc(-c%14ccc%15ccccc%15c%14)cc%13)ccc%11-%12)ccc9-%10)ccc7-8)ccc5-6)ccc3-4)cc21. The summed E-state index contributed by atoms with van der Waals surface area (Å²) < 4.78 is 0. The van der Waals surface area contributed by atoms with Crippen LogP contribution in [0.25, 0.3) is 155 Å². The number of hydrogen-bond acceptors (Lipinski definition) is 0. The predicted molar refractivity (Wildman–Crippen MR) is 447 cm³/mol. The van der Waals surface area contributed by atoms with E-state index in [4.69, 9.17) is 0 Å². The Morgan fingerprint density at radius 3 is 0.528 bits per heavy atom. The summed E-state index contributed by atoms with van der Waals surface area (Å²) in [5.41, 5.74) is 49.7. The Bertz CT molecular complexity index is 6420. The average Bonchev–Trinajstić information content (AvgIpc) is 1.58. The van der Waals surface area contributed by atoms with E-state index in [2.05, 4.69) is 374 Å². The Morgan fingerprint density at radius 2 is 0.283 bits per heavy atom. The van der Waals surface area contributed by atoms with Gasteiger partial charge in [0, 0.05) is 32.5 Å². The van der Waals surface area contributed by atoms with Gasteiger partial charge in [-0.25, -0.2) is 0 Å². The fraction of sp³-hybridized carbons (Fsp3) is 0.170. The number of fused-ring (bicyclic) bond motifs is 19. The van der Waals surface area contributed by atoms with Crippen molar-refractivity contribution in [2.24, 2.45) is 0 Å². The van der Waals surface area contributed by atoms with Crippen molar-refractivity contribution < 1.29 is 0 Å². The molecule has 0 heteroatoms. The van der Waals surface area contributed by atoms with Crippen LogP contribution in [0.15, 0.2) is 291 Å². The third-order valence-electron chi connectivity index (χ3n) is 26.9. The number of rotatable bonds is 7. The van der Waals surface area contributed by atoms with Gasteiger partial charge in [-0.1, -0.05) is 301 Å². The molecule has 15 aromatic carbocycles. The summed E-state index contributed by atoms with van der Waals surface area (Å²) in [4.78, 5) is 0.